The Bertz CT molecular complexity index is 674. The first-order valence-corrected chi connectivity index (χ1v) is 19.7. The van der Waals surface area contributed by atoms with Gasteiger partial charge in [-0.25, -0.2) is 0 Å². The van der Waals surface area contributed by atoms with Gasteiger partial charge in [0.1, 0.15) is 19.8 Å². The smallest absolute Gasteiger partial charge is 0.330 e. The molecule has 8 nitrogen and oxygen atoms in total. The Hall–Kier alpha value is -0.790. The zero-order valence-corrected chi connectivity index (χ0v) is 31.1. The molecule has 0 saturated heterocycles. The third kappa shape index (κ3) is 34.4. The van der Waals surface area contributed by atoms with E-state index in [1.807, 2.05) is 21.1 Å². The Kier molecular flexibility index (Phi) is 31.2. The van der Waals surface area contributed by atoms with Crippen LogP contribution in [0.4, 0.5) is 0 Å². The van der Waals surface area contributed by atoms with Crippen molar-refractivity contribution in [2.24, 2.45) is 0 Å². The Morgan fingerprint density at radius 2 is 0.978 bits per heavy atom. The number of carbonyl (C=O) groups excluding carboxylic acids is 2. The summed E-state index contributed by atoms with van der Waals surface area (Å²) in [6.45, 7) is 5.40. The third-order valence-corrected chi connectivity index (χ3v) is 8.81. The number of hydrogen-bond acceptors (Lipinski definition) is 7. The monoisotopic (exact) mass is 663 g/mol. The maximum atomic E-state index is 12.6. The highest BCUT2D eigenvalue weighted by Crippen LogP contribution is 2.33. The van der Waals surface area contributed by atoms with E-state index in [1.54, 1.807) is 0 Å². The van der Waals surface area contributed by atoms with Gasteiger partial charge in [-0.05, 0) is 12.8 Å². The largest absolute Gasteiger partial charge is 0.462 e. The van der Waals surface area contributed by atoms with Crippen LogP contribution in [0.3, 0.4) is 0 Å². The average Bonchev–Trinajstić information content (AvgIpc) is 2.99. The molecule has 0 bridgehead atoms. The van der Waals surface area contributed by atoms with Crippen LogP contribution in [0.25, 0.3) is 0 Å². The summed E-state index contributed by atoms with van der Waals surface area (Å²) in [5.41, 5.74) is 0. The molecule has 0 saturated carbocycles. The summed E-state index contributed by atoms with van der Waals surface area (Å²) in [6, 6.07) is 0. The van der Waals surface area contributed by atoms with Crippen molar-refractivity contribution >= 4 is 20.5 Å². The predicted molar refractivity (Wildman–Crippen MR) is 187 cm³/mol. The van der Waals surface area contributed by atoms with Gasteiger partial charge >= 0.3 is 20.5 Å². The summed E-state index contributed by atoms with van der Waals surface area (Å²) >= 11 is 0. The van der Waals surface area contributed by atoms with Gasteiger partial charge in [-0.2, -0.15) is 0 Å². The highest BCUT2D eigenvalue weighted by atomic mass is 31.2. The molecular formula is C36H73NO7P+. The lowest BCUT2D eigenvalue weighted by molar-refractivity contribution is -0.870. The standard InChI is InChI=1S/C36H73NO7P/c1-6-8-10-12-14-16-18-20-22-24-26-28-35(38)41-32-34(33-43-45(40)42-31-30-37(3,4)5)44-36(39)29-27-25-23-21-19-17-15-13-11-9-7-2/h34,40H,6-33H2,1-5H3/q+1/t34-,45?/m1/s1. The highest BCUT2D eigenvalue weighted by molar-refractivity contribution is 7.40. The van der Waals surface area contributed by atoms with Crippen LogP contribution < -0.4 is 0 Å². The van der Waals surface area contributed by atoms with Crippen molar-refractivity contribution < 1.29 is 37.5 Å². The van der Waals surface area contributed by atoms with Gasteiger partial charge in [0.2, 0.25) is 0 Å². The molecule has 1 unspecified atom stereocenters. The first-order valence-electron chi connectivity index (χ1n) is 18.6. The molecule has 0 radical (unpaired) electrons. The lowest BCUT2D eigenvalue weighted by Crippen LogP contribution is -2.37. The van der Waals surface area contributed by atoms with E-state index in [0.717, 1.165) is 45.1 Å². The Morgan fingerprint density at radius 1 is 0.578 bits per heavy atom. The summed E-state index contributed by atoms with van der Waals surface area (Å²) in [7, 11) is 4.02. The van der Waals surface area contributed by atoms with Crippen molar-refractivity contribution in [3.63, 3.8) is 0 Å². The number of quaternary nitrogens is 1. The third-order valence-electron chi connectivity index (χ3n) is 8.03. The average molecular weight is 663 g/mol. The van der Waals surface area contributed by atoms with Crippen LogP contribution >= 0.6 is 8.60 Å². The summed E-state index contributed by atoms with van der Waals surface area (Å²) in [6.07, 6.45) is 26.7. The van der Waals surface area contributed by atoms with Gasteiger partial charge in [0.05, 0.1) is 27.7 Å². The van der Waals surface area contributed by atoms with Crippen LogP contribution in [0.1, 0.15) is 168 Å². The first-order chi connectivity index (χ1) is 21.7. The second kappa shape index (κ2) is 31.8. The molecule has 0 aliphatic heterocycles. The molecule has 0 aromatic rings. The lowest BCUT2D eigenvalue weighted by atomic mass is 10.1. The van der Waals surface area contributed by atoms with E-state index < -0.39 is 14.7 Å². The zero-order valence-electron chi connectivity index (χ0n) is 30.2. The number of nitrogens with zero attached hydrogens (tertiary/aromatic N) is 1. The molecule has 0 amide bonds. The second-order valence-electron chi connectivity index (χ2n) is 13.7. The van der Waals surface area contributed by atoms with E-state index in [0.29, 0.717) is 23.9 Å². The number of ether oxygens (including phenoxy) is 2. The van der Waals surface area contributed by atoms with Gasteiger partial charge < -0.3 is 27.9 Å². The molecular weight excluding hydrogens is 589 g/mol. The van der Waals surface area contributed by atoms with Crippen molar-refractivity contribution in [3.05, 3.63) is 0 Å². The fourth-order valence-corrected chi connectivity index (χ4v) is 5.67. The zero-order chi connectivity index (χ0) is 33.4. The number of rotatable bonds is 34. The van der Waals surface area contributed by atoms with Crippen LogP contribution in [-0.4, -0.2) is 74.9 Å². The summed E-state index contributed by atoms with van der Waals surface area (Å²) in [4.78, 5) is 35.1. The second-order valence-corrected chi connectivity index (χ2v) is 14.7. The van der Waals surface area contributed by atoms with Crippen molar-refractivity contribution in [1.29, 1.82) is 0 Å². The summed E-state index contributed by atoms with van der Waals surface area (Å²) < 4.78 is 22.6. The van der Waals surface area contributed by atoms with Gasteiger partial charge in [-0.3, -0.25) is 9.59 Å². The van der Waals surface area contributed by atoms with Crippen molar-refractivity contribution in [2.75, 3.05) is 47.5 Å². The van der Waals surface area contributed by atoms with E-state index in [1.165, 1.54) is 103 Å². The van der Waals surface area contributed by atoms with Gasteiger partial charge in [0.25, 0.3) is 0 Å². The molecule has 0 aliphatic rings. The van der Waals surface area contributed by atoms with E-state index in [-0.39, 0.29) is 25.2 Å². The Balaban J connectivity index is 4.30. The van der Waals surface area contributed by atoms with Crippen LogP contribution in [0.5, 0.6) is 0 Å². The first kappa shape index (κ1) is 44.2. The predicted octanol–water partition coefficient (Wildman–Crippen LogP) is 9.80. The van der Waals surface area contributed by atoms with Gasteiger partial charge in [0.15, 0.2) is 6.10 Å². The Labute approximate surface area is 279 Å². The van der Waals surface area contributed by atoms with Gasteiger partial charge in [0, 0.05) is 12.8 Å². The number of likely N-dealkylation sites (N-methyl/N-ethyl adjacent to an activating group) is 1. The molecule has 0 fully saturated rings. The SMILES string of the molecule is CCCCCCCCCCCCCC(=O)OC[C@H](COP(O)OCC[N+](C)(C)C)OC(=O)CCCCCCCCCCCCC. The molecule has 0 aliphatic carbocycles. The van der Waals surface area contributed by atoms with Crippen LogP contribution in [-0.2, 0) is 28.1 Å². The fourth-order valence-electron chi connectivity index (χ4n) is 5.06. The van der Waals surface area contributed by atoms with E-state index >= 15 is 0 Å². The van der Waals surface area contributed by atoms with Crippen LogP contribution in [0.2, 0.25) is 0 Å². The molecule has 0 aromatic carbocycles. The van der Waals surface area contributed by atoms with E-state index in [9.17, 15) is 14.5 Å². The highest BCUT2D eigenvalue weighted by Gasteiger charge is 2.21. The van der Waals surface area contributed by atoms with Gasteiger partial charge in [-0.1, -0.05) is 142 Å². The van der Waals surface area contributed by atoms with Crippen molar-refractivity contribution in [2.45, 2.75) is 174 Å². The maximum Gasteiger partial charge on any atom is 0.330 e. The minimum atomic E-state index is -2.11. The quantitative estimate of drug-likeness (QED) is 0.0317. The normalized spacial score (nSPS) is 13.1. The molecule has 0 aromatic heterocycles. The molecule has 45 heavy (non-hydrogen) atoms. The molecule has 1 N–H and O–H groups in total. The van der Waals surface area contributed by atoms with Crippen molar-refractivity contribution in [1.82, 2.24) is 0 Å². The summed E-state index contributed by atoms with van der Waals surface area (Å²) in [5, 5.41) is 0. The van der Waals surface area contributed by atoms with Gasteiger partial charge in [-0.15, -0.1) is 0 Å². The van der Waals surface area contributed by atoms with Crippen LogP contribution in [0, 0.1) is 0 Å². The fraction of sp³-hybridized carbons (Fsp3) is 0.944. The van der Waals surface area contributed by atoms with E-state index in [4.69, 9.17) is 18.5 Å². The maximum absolute atomic E-state index is 12.6. The Morgan fingerprint density at radius 3 is 1.40 bits per heavy atom. The number of esters is 2. The molecule has 0 rings (SSSR count). The molecule has 9 heteroatoms. The topological polar surface area (TPSA) is 91.3 Å². The number of carbonyl (C=O) groups is 2. The molecule has 0 spiro atoms. The van der Waals surface area contributed by atoms with Crippen molar-refractivity contribution in [3.8, 4) is 0 Å². The van der Waals surface area contributed by atoms with Crippen LogP contribution in [0.15, 0.2) is 0 Å². The lowest BCUT2D eigenvalue weighted by Gasteiger charge is -2.24. The molecule has 2 atom stereocenters. The number of unbranched alkanes of at least 4 members (excludes halogenated alkanes) is 20. The van der Waals surface area contributed by atoms with E-state index in [2.05, 4.69) is 13.8 Å². The minimum Gasteiger partial charge on any atom is -0.462 e. The molecule has 0 heterocycles. The molecule has 268 valence electrons. The number of hydrogen-bond donors (Lipinski definition) is 1. The summed E-state index contributed by atoms with van der Waals surface area (Å²) in [5.74, 6) is -0.614. The minimum absolute atomic E-state index is 0.0804.